The normalized spacial score (nSPS) is 12.7. The fourth-order valence-corrected chi connectivity index (χ4v) is 2.89. The molecule has 0 fully saturated rings. The number of rotatable bonds is 5. The van der Waals surface area contributed by atoms with Crippen LogP contribution in [-0.2, 0) is 6.18 Å². The molecule has 0 aliphatic heterocycles. The number of aromatic nitrogens is 1. The molecule has 0 bridgehead atoms. The van der Waals surface area contributed by atoms with Crippen molar-refractivity contribution in [2.24, 2.45) is 0 Å². The van der Waals surface area contributed by atoms with Crippen LogP contribution in [-0.4, -0.2) is 10.9 Å². The minimum absolute atomic E-state index is 0.246. The van der Waals surface area contributed by atoms with E-state index in [-0.39, 0.29) is 10.9 Å². The lowest BCUT2D eigenvalue weighted by Gasteiger charge is -2.14. The molecule has 0 radical (unpaired) electrons. The molecule has 1 aromatic heterocycles. The molecule has 0 unspecified atom stereocenters. The zero-order valence-electron chi connectivity index (χ0n) is 12.4. The SMILES string of the molecule is C=Cc1ccc(C(=O)N[C@H](CC)c2nc(C(F)(F)F)cs2)cc1. The number of thiazole rings is 1. The van der Waals surface area contributed by atoms with E-state index in [0.717, 1.165) is 22.3 Å². The van der Waals surface area contributed by atoms with Gasteiger partial charge in [-0.25, -0.2) is 4.98 Å². The summed E-state index contributed by atoms with van der Waals surface area (Å²) in [7, 11) is 0. The van der Waals surface area contributed by atoms with Gasteiger partial charge in [0.15, 0.2) is 5.69 Å². The molecule has 23 heavy (non-hydrogen) atoms. The van der Waals surface area contributed by atoms with Crippen LogP contribution in [0.3, 0.4) is 0 Å². The van der Waals surface area contributed by atoms with Crippen LogP contribution in [0.2, 0.25) is 0 Å². The van der Waals surface area contributed by atoms with Crippen molar-refractivity contribution >= 4 is 23.3 Å². The predicted octanol–water partition coefficient (Wildman–Crippen LogP) is 4.69. The molecule has 1 atom stereocenters. The Morgan fingerprint density at radius 2 is 2.04 bits per heavy atom. The lowest BCUT2D eigenvalue weighted by atomic mass is 10.1. The highest BCUT2D eigenvalue weighted by atomic mass is 32.1. The van der Waals surface area contributed by atoms with Gasteiger partial charge in [-0.3, -0.25) is 4.79 Å². The fourth-order valence-electron chi connectivity index (χ4n) is 1.93. The van der Waals surface area contributed by atoms with Crippen molar-refractivity contribution in [3.05, 3.63) is 58.1 Å². The van der Waals surface area contributed by atoms with E-state index in [0.29, 0.717) is 12.0 Å². The van der Waals surface area contributed by atoms with Gasteiger partial charge in [-0.2, -0.15) is 13.2 Å². The topological polar surface area (TPSA) is 42.0 Å². The van der Waals surface area contributed by atoms with E-state index < -0.39 is 17.9 Å². The summed E-state index contributed by atoms with van der Waals surface area (Å²) in [4.78, 5) is 15.8. The molecule has 0 aliphatic rings. The molecule has 7 heteroatoms. The van der Waals surface area contributed by atoms with Gasteiger partial charge >= 0.3 is 6.18 Å². The van der Waals surface area contributed by atoms with Gasteiger partial charge in [-0.05, 0) is 24.1 Å². The minimum Gasteiger partial charge on any atom is -0.343 e. The molecule has 1 aromatic carbocycles. The van der Waals surface area contributed by atoms with Crippen molar-refractivity contribution in [2.75, 3.05) is 0 Å². The predicted molar refractivity (Wildman–Crippen MR) is 84.1 cm³/mol. The van der Waals surface area contributed by atoms with Crippen molar-refractivity contribution in [1.82, 2.24) is 10.3 Å². The summed E-state index contributed by atoms with van der Waals surface area (Å²) < 4.78 is 37.8. The first kappa shape index (κ1) is 17.2. The largest absolute Gasteiger partial charge is 0.434 e. The van der Waals surface area contributed by atoms with Crippen LogP contribution in [0.15, 0.2) is 36.2 Å². The van der Waals surface area contributed by atoms with Gasteiger partial charge in [-0.1, -0.05) is 31.7 Å². The number of hydrogen-bond donors (Lipinski definition) is 1. The molecule has 0 saturated carbocycles. The number of hydrogen-bond acceptors (Lipinski definition) is 3. The van der Waals surface area contributed by atoms with Crippen molar-refractivity contribution in [2.45, 2.75) is 25.6 Å². The molecule has 1 amide bonds. The Morgan fingerprint density at radius 1 is 1.39 bits per heavy atom. The number of nitrogens with one attached hydrogen (secondary N) is 1. The van der Waals surface area contributed by atoms with Crippen molar-refractivity contribution in [3.8, 4) is 0 Å². The average Bonchev–Trinajstić information content (AvgIpc) is 3.02. The standard InChI is InChI=1S/C16H15F3N2OS/c1-3-10-5-7-11(8-6-10)14(22)20-12(4-2)15-21-13(9-23-15)16(17,18)19/h3,5-9,12H,1,4H2,2H3,(H,20,22)/t12-/m1/s1. The van der Waals surface area contributed by atoms with Crippen LogP contribution in [0, 0.1) is 0 Å². The maximum absolute atomic E-state index is 12.6. The molecule has 0 spiro atoms. The highest BCUT2D eigenvalue weighted by molar-refractivity contribution is 7.09. The van der Waals surface area contributed by atoms with Gasteiger partial charge in [0, 0.05) is 10.9 Å². The molecular formula is C16H15F3N2OS. The number of carbonyl (C=O) groups excluding carboxylic acids is 1. The van der Waals surface area contributed by atoms with E-state index in [1.54, 1.807) is 37.3 Å². The maximum atomic E-state index is 12.6. The number of benzene rings is 1. The van der Waals surface area contributed by atoms with Crippen LogP contribution in [0.5, 0.6) is 0 Å². The molecule has 3 nitrogen and oxygen atoms in total. The molecule has 1 N–H and O–H groups in total. The zero-order chi connectivity index (χ0) is 17.0. The molecule has 1 heterocycles. The number of carbonyl (C=O) groups is 1. The molecule has 0 aliphatic carbocycles. The van der Waals surface area contributed by atoms with E-state index in [1.165, 1.54) is 0 Å². The fraction of sp³-hybridized carbons (Fsp3) is 0.250. The lowest BCUT2D eigenvalue weighted by molar-refractivity contribution is -0.140. The Bertz CT molecular complexity index is 692. The zero-order valence-corrected chi connectivity index (χ0v) is 13.2. The first-order chi connectivity index (χ1) is 10.8. The molecule has 0 saturated heterocycles. The van der Waals surface area contributed by atoms with E-state index in [2.05, 4.69) is 16.9 Å². The van der Waals surface area contributed by atoms with Gasteiger partial charge in [0.2, 0.25) is 0 Å². The first-order valence-electron chi connectivity index (χ1n) is 6.91. The summed E-state index contributed by atoms with van der Waals surface area (Å²) in [6, 6.07) is 6.22. The second-order valence-electron chi connectivity index (χ2n) is 4.83. The van der Waals surface area contributed by atoms with Crippen molar-refractivity contribution in [3.63, 3.8) is 0 Å². The van der Waals surface area contributed by atoms with E-state index in [4.69, 9.17) is 0 Å². The third-order valence-corrected chi connectivity index (χ3v) is 4.19. The number of alkyl halides is 3. The molecule has 122 valence electrons. The molecule has 2 rings (SSSR count). The van der Waals surface area contributed by atoms with Crippen molar-refractivity contribution < 1.29 is 18.0 Å². The van der Waals surface area contributed by atoms with Gasteiger partial charge in [0.25, 0.3) is 5.91 Å². The molecule has 2 aromatic rings. The van der Waals surface area contributed by atoms with Crippen LogP contribution in [0.4, 0.5) is 13.2 Å². The Morgan fingerprint density at radius 3 is 2.52 bits per heavy atom. The second-order valence-corrected chi connectivity index (χ2v) is 5.72. The summed E-state index contributed by atoms with van der Waals surface area (Å²) in [5, 5.41) is 3.92. The Hall–Kier alpha value is -2.15. The summed E-state index contributed by atoms with van der Waals surface area (Å²) in [6.07, 6.45) is -2.37. The quantitative estimate of drug-likeness (QED) is 0.858. The lowest BCUT2D eigenvalue weighted by Crippen LogP contribution is -2.28. The highest BCUT2D eigenvalue weighted by Crippen LogP contribution is 2.32. The Kier molecular flexibility index (Phi) is 5.20. The van der Waals surface area contributed by atoms with Crippen molar-refractivity contribution in [1.29, 1.82) is 0 Å². The van der Waals surface area contributed by atoms with E-state index in [9.17, 15) is 18.0 Å². The Balaban J connectivity index is 2.13. The summed E-state index contributed by atoms with van der Waals surface area (Å²) >= 11 is 0.893. The van der Waals surface area contributed by atoms with Crippen LogP contribution in [0.25, 0.3) is 6.08 Å². The summed E-state index contributed by atoms with van der Waals surface area (Å²) in [5.41, 5.74) is 0.380. The summed E-state index contributed by atoms with van der Waals surface area (Å²) in [5.74, 6) is -0.351. The van der Waals surface area contributed by atoms with Gasteiger partial charge in [0.05, 0.1) is 6.04 Å². The number of amides is 1. The average molecular weight is 340 g/mol. The number of nitrogens with zero attached hydrogens (tertiary/aromatic N) is 1. The third kappa shape index (κ3) is 4.19. The maximum Gasteiger partial charge on any atom is 0.434 e. The van der Waals surface area contributed by atoms with Crippen LogP contribution >= 0.6 is 11.3 Å². The first-order valence-corrected chi connectivity index (χ1v) is 7.79. The smallest absolute Gasteiger partial charge is 0.343 e. The Labute approximate surface area is 135 Å². The van der Waals surface area contributed by atoms with Gasteiger partial charge < -0.3 is 5.32 Å². The van der Waals surface area contributed by atoms with Crippen LogP contribution in [0.1, 0.15) is 46.0 Å². The van der Waals surface area contributed by atoms with E-state index in [1.807, 2.05) is 0 Å². The highest BCUT2D eigenvalue weighted by Gasteiger charge is 2.34. The number of halogens is 3. The van der Waals surface area contributed by atoms with Crippen LogP contribution < -0.4 is 5.32 Å². The van der Waals surface area contributed by atoms with Gasteiger partial charge in [0.1, 0.15) is 5.01 Å². The molecular weight excluding hydrogens is 325 g/mol. The van der Waals surface area contributed by atoms with Gasteiger partial charge in [-0.15, -0.1) is 11.3 Å². The summed E-state index contributed by atoms with van der Waals surface area (Å²) in [6.45, 7) is 5.41. The second kappa shape index (κ2) is 6.95. The monoisotopic (exact) mass is 340 g/mol. The van der Waals surface area contributed by atoms with E-state index >= 15 is 0 Å². The minimum atomic E-state index is -4.47. The third-order valence-electron chi connectivity index (χ3n) is 3.23.